The first-order valence-electron chi connectivity index (χ1n) is 8.40. The summed E-state index contributed by atoms with van der Waals surface area (Å²) >= 11 is 0. The van der Waals surface area contributed by atoms with E-state index in [4.69, 9.17) is 0 Å². The molecule has 2 rings (SSSR count). The van der Waals surface area contributed by atoms with E-state index in [1.807, 2.05) is 33.2 Å². The minimum absolute atomic E-state index is 0.0468. The Kier molecular flexibility index (Phi) is 6.39. The highest BCUT2D eigenvalue weighted by Crippen LogP contribution is 2.16. The molecule has 0 amide bonds. The third-order valence-corrected chi connectivity index (χ3v) is 4.16. The van der Waals surface area contributed by atoms with Gasteiger partial charge in [-0.25, -0.2) is 4.39 Å². The second-order valence-electron chi connectivity index (χ2n) is 6.36. The summed E-state index contributed by atoms with van der Waals surface area (Å²) in [6, 6.07) is 13.6. The van der Waals surface area contributed by atoms with Crippen LogP contribution < -0.4 is 15.5 Å². The van der Waals surface area contributed by atoms with Gasteiger partial charge in [-0.15, -0.1) is 0 Å². The highest BCUT2D eigenvalue weighted by molar-refractivity contribution is 5.80. The molecule has 5 heteroatoms. The minimum atomic E-state index is -0.186. The van der Waals surface area contributed by atoms with Gasteiger partial charge in [0.2, 0.25) is 0 Å². The van der Waals surface area contributed by atoms with Gasteiger partial charge < -0.3 is 15.5 Å². The maximum Gasteiger partial charge on any atom is 0.191 e. The molecule has 0 aromatic heterocycles. The lowest BCUT2D eigenvalue weighted by atomic mass is 10.1. The van der Waals surface area contributed by atoms with E-state index in [0.717, 1.165) is 11.3 Å². The maximum absolute atomic E-state index is 13.8. The number of anilines is 1. The number of nitrogens with one attached hydrogen (secondary N) is 2. The molecule has 2 N–H and O–H groups in total. The average Bonchev–Trinajstić information content (AvgIpc) is 2.60. The Morgan fingerprint density at radius 2 is 1.96 bits per heavy atom. The minimum Gasteiger partial charge on any atom is -0.378 e. The van der Waals surface area contributed by atoms with Crippen LogP contribution in [0, 0.1) is 12.7 Å². The molecule has 1 atom stereocenters. The highest BCUT2D eigenvalue weighted by atomic mass is 19.1. The first-order chi connectivity index (χ1) is 11.9. The zero-order chi connectivity index (χ0) is 18.4. The van der Waals surface area contributed by atoms with Crippen molar-refractivity contribution in [3.8, 4) is 0 Å². The van der Waals surface area contributed by atoms with Crippen LogP contribution in [0.4, 0.5) is 10.1 Å². The fraction of sp³-hybridized carbons (Fsp3) is 0.350. The molecular weight excluding hydrogens is 315 g/mol. The molecule has 0 bridgehead atoms. The van der Waals surface area contributed by atoms with Crippen molar-refractivity contribution < 1.29 is 4.39 Å². The average molecular weight is 342 g/mol. The normalized spacial score (nSPS) is 12.6. The zero-order valence-corrected chi connectivity index (χ0v) is 15.6. The summed E-state index contributed by atoms with van der Waals surface area (Å²) in [6.07, 6.45) is 0. The van der Waals surface area contributed by atoms with E-state index in [1.54, 1.807) is 26.1 Å². The van der Waals surface area contributed by atoms with Crippen LogP contribution in [0.1, 0.15) is 29.7 Å². The van der Waals surface area contributed by atoms with Crippen LogP contribution in [-0.2, 0) is 6.54 Å². The van der Waals surface area contributed by atoms with Crippen LogP contribution in [0.3, 0.4) is 0 Å². The molecule has 0 aliphatic heterocycles. The number of aryl methyl sites for hydroxylation is 1. The predicted molar refractivity (Wildman–Crippen MR) is 104 cm³/mol. The molecule has 0 radical (unpaired) electrons. The summed E-state index contributed by atoms with van der Waals surface area (Å²) in [5.41, 5.74) is 3.87. The van der Waals surface area contributed by atoms with Gasteiger partial charge in [0.25, 0.3) is 0 Å². The fourth-order valence-electron chi connectivity index (χ4n) is 2.49. The molecule has 25 heavy (non-hydrogen) atoms. The molecular formula is C20H27FN4. The van der Waals surface area contributed by atoms with Gasteiger partial charge >= 0.3 is 0 Å². The van der Waals surface area contributed by atoms with Crippen molar-refractivity contribution >= 4 is 11.6 Å². The van der Waals surface area contributed by atoms with Gasteiger partial charge in [-0.2, -0.15) is 0 Å². The van der Waals surface area contributed by atoms with Gasteiger partial charge in [-0.05, 0) is 48.7 Å². The number of aliphatic imine (C=N–C) groups is 1. The lowest BCUT2D eigenvalue weighted by molar-refractivity contribution is 0.607. The molecule has 0 saturated carbocycles. The molecule has 0 saturated heterocycles. The van der Waals surface area contributed by atoms with Gasteiger partial charge in [-0.3, -0.25) is 4.99 Å². The van der Waals surface area contributed by atoms with Crippen LogP contribution in [0.2, 0.25) is 0 Å². The molecule has 2 aromatic rings. The molecule has 1 unspecified atom stereocenters. The first-order valence-corrected chi connectivity index (χ1v) is 8.40. The van der Waals surface area contributed by atoms with Gasteiger partial charge in [0, 0.05) is 33.4 Å². The fourth-order valence-corrected chi connectivity index (χ4v) is 2.49. The molecule has 0 aliphatic carbocycles. The first kappa shape index (κ1) is 18.8. The van der Waals surface area contributed by atoms with E-state index >= 15 is 0 Å². The Bertz CT molecular complexity index is 740. The quantitative estimate of drug-likeness (QED) is 0.644. The van der Waals surface area contributed by atoms with Gasteiger partial charge in [0.15, 0.2) is 5.96 Å². The van der Waals surface area contributed by atoms with Crippen molar-refractivity contribution in [1.29, 1.82) is 0 Å². The van der Waals surface area contributed by atoms with Crippen LogP contribution >= 0.6 is 0 Å². The second-order valence-corrected chi connectivity index (χ2v) is 6.36. The molecule has 0 aliphatic rings. The largest absolute Gasteiger partial charge is 0.378 e. The van der Waals surface area contributed by atoms with Crippen LogP contribution in [0.5, 0.6) is 0 Å². The summed E-state index contributed by atoms with van der Waals surface area (Å²) in [7, 11) is 5.78. The molecule has 0 heterocycles. The summed E-state index contributed by atoms with van der Waals surface area (Å²) in [5.74, 6) is 0.498. The van der Waals surface area contributed by atoms with Crippen molar-refractivity contribution in [2.45, 2.75) is 26.4 Å². The Morgan fingerprint density at radius 1 is 1.20 bits per heavy atom. The SMILES string of the molecule is CN=C(NCc1cccc(N(C)C)c1)NC(C)c1ccc(C)c(F)c1. The third-order valence-electron chi connectivity index (χ3n) is 4.16. The summed E-state index contributed by atoms with van der Waals surface area (Å²) in [5, 5.41) is 6.60. The zero-order valence-electron chi connectivity index (χ0n) is 15.6. The van der Waals surface area contributed by atoms with Gasteiger partial charge in [0.1, 0.15) is 5.82 Å². The number of hydrogen-bond acceptors (Lipinski definition) is 2. The standard InChI is InChI=1S/C20H27FN4/c1-14-9-10-17(12-19(14)21)15(2)24-20(22-3)23-13-16-7-6-8-18(11-16)25(4)5/h6-12,15H,13H2,1-5H3,(H2,22,23,24). The van der Waals surface area contributed by atoms with Crippen LogP contribution in [0.15, 0.2) is 47.5 Å². The summed E-state index contributed by atoms with van der Waals surface area (Å²) < 4.78 is 13.8. The Hall–Kier alpha value is -2.56. The van der Waals surface area contributed by atoms with E-state index in [-0.39, 0.29) is 11.9 Å². The Labute approximate surface area is 149 Å². The third kappa shape index (κ3) is 5.21. The van der Waals surface area contributed by atoms with E-state index < -0.39 is 0 Å². The van der Waals surface area contributed by atoms with Gasteiger partial charge in [0.05, 0.1) is 6.04 Å². The number of halogens is 1. The maximum atomic E-state index is 13.8. The number of rotatable bonds is 5. The van der Waals surface area contributed by atoms with Crippen molar-refractivity contribution in [3.05, 3.63) is 65.0 Å². The van der Waals surface area contributed by atoms with E-state index in [2.05, 4.69) is 38.7 Å². The van der Waals surface area contributed by atoms with Crippen LogP contribution in [-0.4, -0.2) is 27.1 Å². The van der Waals surface area contributed by atoms with Gasteiger partial charge in [-0.1, -0.05) is 24.3 Å². The summed E-state index contributed by atoms with van der Waals surface area (Å²) in [4.78, 5) is 6.33. The van der Waals surface area contributed by atoms with Crippen molar-refractivity contribution in [1.82, 2.24) is 10.6 Å². The molecule has 0 spiro atoms. The van der Waals surface area contributed by atoms with Crippen LogP contribution in [0.25, 0.3) is 0 Å². The second kappa shape index (κ2) is 8.51. The monoisotopic (exact) mass is 342 g/mol. The number of benzene rings is 2. The van der Waals surface area contributed by atoms with Crippen molar-refractivity contribution in [2.24, 2.45) is 4.99 Å². The number of nitrogens with zero attached hydrogens (tertiary/aromatic N) is 2. The highest BCUT2D eigenvalue weighted by Gasteiger charge is 2.10. The molecule has 2 aromatic carbocycles. The number of guanidine groups is 1. The molecule has 134 valence electrons. The Morgan fingerprint density at radius 3 is 2.60 bits per heavy atom. The smallest absolute Gasteiger partial charge is 0.191 e. The molecule has 4 nitrogen and oxygen atoms in total. The van der Waals surface area contributed by atoms with E-state index in [0.29, 0.717) is 18.1 Å². The summed E-state index contributed by atoms with van der Waals surface area (Å²) in [6.45, 7) is 4.42. The molecule has 0 fully saturated rings. The Balaban J connectivity index is 1.98. The topological polar surface area (TPSA) is 39.7 Å². The van der Waals surface area contributed by atoms with E-state index in [9.17, 15) is 4.39 Å². The number of hydrogen-bond donors (Lipinski definition) is 2. The van der Waals surface area contributed by atoms with E-state index in [1.165, 1.54) is 5.56 Å². The lowest BCUT2D eigenvalue weighted by Crippen LogP contribution is -2.38. The van der Waals surface area contributed by atoms with Crippen molar-refractivity contribution in [2.75, 3.05) is 26.0 Å². The lowest BCUT2D eigenvalue weighted by Gasteiger charge is -2.19. The van der Waals surface area contributed by atoms with Crippen molar-refractivity contribution in [3.63, 3.8) is 0 Å². The predicted octanol–water partition coefficient (Wildman–Crippen LogP) is 3.63.